The Hall–Kier alpha value is -3.22. The third-order valence-electron chi connectivity index (χ3n) is 4.76. The van der Waals surface area contributed by atoms with E-state index in [1.165, 1.54) is 30.2 Å². The average molecular weight is 363 g/mol. The maximum absolute atomic E-state index is 12.5. The number of carbonyl (C=O) groups is 1. The summed E-state index contributed by atoms with van der Waals surface area (Å²) in [5.74, 6) is 0.643. The van der Waals surface area contributed by atoms with Crippen molar-refractivity contribution in [3.8, 4) is 0 Å². The van der Waals surface area contributed by atoms with Crippen LogP contribution in [0.15, 0.2) is 53.7 Å². The summed E-state index contributed by atoms with van der Waals surface area (Å²) in [6, 6.07) is 10.9. The third kappa shape index (κ3) is 3.81. The van der Waals surface area contributed by atoms with E-state index >= 15 is 0 Å². The minimum absolute atomic E-state index is 0.0927. The van der Waals surface area contributed by atoms with E-state index < -0.39 is 0 Å². The number of anilines is 2. The van der Waals surface area contributed by atoms with Crippen molar-refractivity contribution in [1.82, 2.24) is 14.5 Å². The highest BCUT2D eigenvalue weighted by atomic mass is 16.2. The van der Waals surface area contributed by atoms with Gasteiger partial charge in [-0.2, -0.15) is 0 Å². The Kier molecular flexibility index (Phi) is 4.82. The molecule has 3 heterocycles. The first kappa shape index (κ1) is 17.2. The molecule has 0 unspecified atom stereocenters. The van der Waals surface area contributed by atoms with Gasteiger partial charge in [0, 0.05) is 13.1 Å². The lowest BCUT2D eigenvalue weighted by Crippen LogP contribution is -2.30. The number of pyridine rings is 1. The summed E-state index contributed by atoms with van der Waals surface area (Å²) in [6.07, 6.45) is 6.71. The smallest absolute Gasteiger partial charge is 0.261 e. The summed E-state index contributed by atoms with van der Waals surface area (Å²) < 4.78 is 1.31. The van der Waals surface area contributed by atoms with E-state index in [0.29, 0.717) is 16.6 Å². The van der Waals surface area contributed by atoms with Crippen molar-refractivity contribution in [1.29, 1.82) is 0 Å². The fourth-order valence-corrected chi connectivity index (χ4v) is 3.34. The Morgan fingerprint density at radius 1 is 1.04 bits per heavy atom. The Labute approximate surface area is 156 Å². The van der Waals surface area contributed by atoms with Crippen LogP contribution in [0.4, 0.5) is 11.5 Å². The third-order valence-corrected chi connectivity index (χ3v) is 4.76. The normalized spacial score (nSPS) is 14.3. The molecule has 0 bridgehead atoms. The molecule has 0 aliphatic carbocycles. The number of amides is 1. The van der Waals surface area contributed by atoms with E-state index in [1.807, 2.05) is 18.2 Å². The summed E-state index contributed by atoms with van der Waals surface area (Å²) in [4.78, 5) is 35.7. The molecular weight excluding hydrogens is 342 g/mol. The fraction of sp³-hybridized carbons (Fsp3) is 0.300. The van der Waals surface area contributed by atoms with E-state index in [9.17, 15) is 9.59 Å². The molecule has 1 fully saturated rings. The van der Waals surface area contributed by atoms with Gasteiger partial charge in [-0.1, -0.05) is 12.1 Å². The molecule has 3 aromatic rings. The molecule has 1 amide bonds. The van der Waals surface area contributed by atoms with Gasteiger partial charge in [0.15, 0.2) is 0 Å². The minimum atomic E-state index is -0.290. The first-order valence-corrected chi connectivity index (χ1v) is 9.16. The van der Waals surface area contributed by atoms with Gasteiger partial charge in [-0.25, -0.2) is 9.97 Å². The molecule has 1 saturated heterocycles. The Bertz CT molecular complexity index is 1010. The molecule has 1 aromatic carbocycles. The fourth-order valence-electron chi connectivity index (χ4n) is 3.34. The number of rotatable bonds is 4. The van der Waals surface area contributed by atoms with Gasteiger partial charge in [0.2, 0.25) is 5.91 Å². The number of benzene rings is 1. The molecule has 0 atom stereocenters. The molecule has 7 nitrogen and oxygen atoms in total. The van der Waals surface area contributed by atoms with Crippen LogP contribution < -0.4 is 15.8 Å². The molecule has 1 aliphatic rings. The number of fused-ring (bicyclic) bond motifs is 1. The highest BCUT2D eigenvalue weighted by Gasteiger charge is 2.12. The lowest BCUT2D eigenvalue weighted by Gasteiger charge is -2.27. The highest BCUT2D eigenvalue weighted by Crippen LogP contribution is 2.18. The standard InChI is InChI=1S/C20H21N5O2/c26-19(13-25-14-22-17-7-3-2-6-16(17)20(25)27)23-15-8-9-18(21-12-15)24-10-4-1-5-11-24/h2-3,6-9,12,14H,1,4-5,10-11,13H2,(H,23,26). The van der Waals surface area contributed by atoms with Crippen molar-refractivity contribution in [2.24, 2.45) is 0 Å². The molecule has 0 saturated carbocycles. The van der Waals surface area contributed by atoms with Crippen molar-refractivity contribution in [2.45, 2.75) is 25.8 Å². The lowest BCUT2D eigenvalue weighted by atomic mass is 10.1. The van der Waals surface area contributed by atoms with Crippen molar-refractivity contribution >= 4 is 28.3 Å². The quantitative estimate of drug-likeness (QED) is 0.770. The molecule has 2 aromatic heterocycles. The predicted octanol–water partition coefficient (Wildman–Crippen LogP) is 2.42. The maximum atomic E-state index is 12.5. The van der Waals surface area contributed by atoms with Crippen molar-refractivity contribution < 1.29 is 4.79 Å². The summed E-state index contributed by atoms with van der Waals surface area (Å²) >= 11 is 0. The van der Waals surface area contributed by atoms with E-state index in [4.69, 9.17) is 0 Å². The highest BCUT2D eigenvalue weighted by molar-refractivity contribution is 5.90. The second-order valence-corrected chi connectivity index (χ2v) is 6.70. The topological polar surface area (TPSA) is 80.1 Å². The van der Waals surface area contributed by atoms with Gasteiger partial charge in [-0.3, -0.25) is 14.2 Å². The van der Waals surface area contributed by atoms with Gasteiger partial charge in [0.05, 0.1) is 29.1 Å². The van der Waals surface area contributed by atoms with Gasteiger partial charge < -0.3 is 10.2 Å². The lowest BCUT2D eigenvalue weighted by molar-refractivity contribution is -0.116. The zero-order chi connectivity index (χ0) is 18.6. The Balaban J connectivity index is 1.43. The van der Waals surface area contributed by atoms with E-state index in [2.05, 4.69) is 20.2 Å². The van der Waals surface area contributed by atoms with Crippen LogP contribution in [0.5, 0.6) is 0 Å². The van der Waals surface area contributed by atoms with Crippen LogP contribution >= 0.6 is 0 Å². The number of carbonyl (C=O) groups excluding carboxylic acids is 1. The summed E-state index contributed by atoms with van der Waals surface area (Å²) in [7, 11) is 0. The zero-order valence-corrected chi connectivity index (χ0v) is 15.0. The van der Waals surface area contributed by atoms with Crippen LogP contribution in [0.3, 0.4) is 0 Å². The molecule has 138 valence electrons. The first-order chi connectivity index (χ1) is 13.2. The average Bonchev–Trinajstić information content (AvgIpc) is 2.71. The number of hydrogen-bond donors (Lipinski definition) is 1. The molecule has 4 rings (SSSR count). The van der Waals surface area contributed by atoms with E-state index in [-0.39, 0.29) is 18.0 Å². The van der Waals surface area contributed by atoms with Gasteiger partial charge in [-0.05, 0) is 43.5 Å². The molecule has 27 heavy (non-hydrogen) atoms. The minimum Gasteiger partial charge on any atom is -0.357 e. The molecule has 0 spiro atoms. The van der Waals surface area contributed by atoms with Crippen LogP contribution in [0.2, 0.25) is 0 Å². The zero-order valence-electron chi connectivity index (χ0n) is 15.0. The largest absolute Gasteiger partial charge is 0.357 e. The van der Waals surface area contributed by atoms with Crippen LogP contribution in [0, 0.1) is 0 Å². The summed E-state index contributed by atoms with van der Waals surface area (Å²) in [5, 5.41) is 3.29. The van der Waals surface area contributed by atoms with Crippen LogP contribution in [-0.4, -0.2) is 33.5 Å². The Morgan fingerprint density at radius 3 is 2.63 bits per heavy atom. The van der Waals surface area contributed by atoms with Gasteiger partial charge in [0.25, 0.3) is 5.56 Å². The number of para-hydroxylation sites is 1. The van der Waals surface area contributed by atoms with Gasteiger partial charge in [-0.15, -0.1) is 0 Å². The van der Waals surface area contributed by atoms with Crippen LogP contribution in [-0.2, 0) is 11.3 Å². The second kappa shape index (κ2) is 7.57. The SMILES string of the molecule is O=C(Cn1cnc2ccccc2c1=O)Nc1ccc(N2CCCCC2)nc1. The number of hydrogen-bond acceptors (Lipinski definition) is 5. The number of aromatic nitrogens is 3. The van der Waals surface area contributed by atoms with Crippen molar-refractivity contribution in [3.63, 3.8) is 0 Å². The second-order valence-electron chi connectivity index (χ2n) is 6.70. The first-order valence-electron chi connectivity index (χ1n) is 9.16. The van der Waals surface area contributed by atoms with Crippen molar-refractivity contribution in [2.75, 3.05) is 23.3 Å². The van der Waals surface area contributed by atoms with Crippen LogP contribution in [0.25, 0.3) is 10.9 Å². The summed E-state index contributed by atoms with van der Waals surface area (Å²) in [5.41, 5.74) is 1.01. The number of nitrogens with one attached hydrogen (secondary N) is 1. The number of piperidine rings is 1. The van der Waals surface area contributed by atoms with E-state index in [0.717, 1.165) is 18.9 Å². The molecule has 7 heteroatoms. The molecule has 0 radical (unpaired) electrons. The van der Waals surface area contributed by atoms with Crippen LogP contribution in [0.1, 0.15) is 19.3 Å². The monoisotopic (exact) mass is 363 g/mol. The molecule has 1 N–H and O–H groups in total. The van der Waals surface area contributed by atoms with E-state index in [1.54, 1.807) is 24.4 Å². The van der Waals surface area contributed by atoms with Crippen molar-refractivity contribution in [3.05, 3.63) is 59.3 Å². The van der Waals surface area contributed by atoms with Gasteiger partial charge >= 0.3 is 0 Å². The maximum Gasteiger partial charge on any atom is 0.261 e. The summed E-state index contributed by atoms with van der Waals surface area (Å²) in [6.45, 7) is 1.96. The molecule has 1 aliphatic heterocycles. The van der Waals surface area contributed by atoms with Gasteiger partial charge in [0.1, 0.15) is 12.4 Å². The number of nitrogens with zero attached hydrogens (tertiary/aromatic N) is 4. The predicted molar refractivity (Wildman–Crippen MR) is 105 cm³/mol. The molecular formula is C20H21N5O2. The Morgan fingerprint density at radius 2 is 1.85 bits per heavy atom.